The fourth-order valence-corrected chi connectivity index (χ4v) is 3.04. The molecule has 1 N–H and O–H groups in total. The van der Waals surface area contributed by atoms with E-state index < -0.39 is 10.0 Å². The van der Waals surface area contributed by atoms with Crippen molar-refractivity contribution in [3.05, 3.63) is 54.1 Å². The topological polar surface area (TPSA) is 49.4 Å². The molecule has 0 heterocycles. The average molecular weight is 290 g/mol. The summed E-state index contributed by atoms with van der Waals surface area (Å²) in [4.78, 5) is 2.21. The number of nitrogens with zero attached hydrogens (tertiary/aromatic N) is 1. The first-order valence-corrected chi connectivity index (χ1v) is 7.74. The normalized spacial score (nSPS) is 11.2. The predicted molar refractivity (Wildman–Crippen MR) is 82.8 cm³/mol. The summed E-state index contributed by atoms with van der Waals surface area (Å²) in [6, 6.07) is 13.8. The highest BCUT2D eigenvalue weighted by Crippen LogP contribution is 2.24. The Morgan fingerprint density at radius 2 is 1.65 bits per heavy atom. The van der Waals surface area contributed by atoms with Crippen LogP contribution in [0.4, 0.5) is 11.4 Å². The van der Waals surface area contributed by atoms with Crippen molar-refractivity contribution in [3.63, 3.8) is 0 Å². The molecule has 0 saturated heterocycles. The van der Waals surface area contributed by atoms with Crippen molar-refractivity contribution in [2.45, 2.75) is 11.8 Å². The summed E-state index contributed by atoms with van der Waals surface area (Å²) in [5.41, 5.74) is 2.64. The van der Waals surface area contributed by atoms with Crippen LogP contribution < -0.4 is 9.62 Å². The highest BCUT2D eigenvalue weighted by atomic mass is 32.2. The fraction of sp³-hybridized carbons (Fsp3) is 0.200. The van der Waals surface area contributed by atoms with E-state index in [4.69, 9.17) is 0 Å². The molecule has 0 fully saturated rings. The number of aryl methyl sites for hydroxylation is 1. The van der Waals surface area contributed by atoms with E-state index in [9.17, 15) is 8.42 Å². The van der Waals surface area contributed by atoms with Crippen molar-refractivity contribution in [2.75, 3.05) is 23.7 Å². The van der Waals surface area contributed by atoms with Gasteiger partial charge in [-0.25, -0.2) is 8.42 Å². The largest absolute Gasteiger partial charge is 0.377 e. The van der Waals surface area contributed by atoms with Crippen LogP contribution >= 0.6 is 0 Å². The van der Waals surface area contributed by atoms with Crippen LogP contribution in [-0.2, 0) is 10.0 Å². The highest BCUT2D eigenvalue weighted by molar-refractivity contribution is 7.92. The van der Waals surface area contributed by atoms with Gasteiger partial charge in [-0.15, -0.1) is 0 Å². The third-order valence-electron chi connectivity index (χ3n) is 3.00. The van der Waals surface area contributed by atoms with E-state index in [0.717, 1.165) is 11.3 Å². The average Bonchev–Trinajstić information content (AvgIpc) is 2.41. The van der Waals surface area contributed by atoms with Gasteiger partial charge < -0.3 is 4.90 Å². The summed E-state index contributed by atoms with van der Waals surface area (Å²) in [6.45, 7) is 1.99. The molecule has 20 heavy (non-hydrogen) atoms. The Hall–Kier alpha value is -2.01. The second kappa shape index (κ2) is 5.54. The van der Waals surface area contributed by atoms with Crippen LogP contribution in [0, 0.1) is 6.92 Å². The standard InChI is InChI=1S/C15H18N2O2S/c1-12-9-10-13(11-15(12)17(2)3)16-20(18,19)14-7-5-4-6-8-14/h4-11,16H,1-3H3. The highest BCUT2D eigenvalue weighted by Gasteiger charge is 2.14. The maximum atomic E-state index is 12.2. The Kier molecular flexibility index (Phi) is 3.99. The summed E-state index contributed by atoms with van der Waals surface area (Å²) in [5.74, 6) is 0. The number of benzene rings is 2. The zero-order valence-electron chi connectivity index (χ0n) is 11.8. The Bertz CT molecular complexity index is 695. The quantitative estimate of drug-likeness (QED) is 0.942. The first-order chi connectivity index (χ1) is 9.40. The van der Waals surface area contributed by atoms with Crippen molar-refractivity contribution < 1.29 is 8.42 Å². The Balaban J connectivity index is 2.33. The van der Waals surface area contributed by atoms with Crippen molar-refractivity contribution in [1.29, 1.82) is 0 Å². The maximum absolute atomic E-state index is 12.2. The van der Waals surface area contributed by atoms with Gasteiger partial charge in [0.25, 0.3) is 10.0 Å². The number of rotatable bonds is 4. The second-order valence-corrected chi connectivity index (χ2v) is 6.50. The summed E-state index contributed by atoms with van der Waals surface area (Å²) in [7, 11) is 0.320. The van der Waals surface area contributed by atoms with Crippen LogP contribution in [0.2, 0.25) is 0 Å². The molecule has 106 valence electrons. The molecule has 0 aromatic heterocycles. The van der Waals surface area contributed by atoms with E-state index in [0.29, 0.717) is 5.69 Å². The minimum absolute atomic E-state index is 0.256. The van der Waals surface area contributed by atoms with E-state index in [1.165, 1.54) is 0 Å². The van der Waals surface area contributed by atoms with Crippen LogP contribution in [-0.4, -0.2) is 22.5 Å². The van der Waals surface area contributed by atoms with Crippen LogP contribution in [0.15, 0.2) is 53.4 Å². The van der Waals surface area contributed by atoms with Crippen molar-refractivity contribution >= 4 is 21.4 Å². The molecule has 0 aliphatic rings. The minimum atomic E-state index is -3.54. The molecule has 0 amide bonds. The fourth-order valence-electron chi connectivity index (χ4n) is 1.97. The van der Waals surface area contributed by atoms with Gasteiger partial charge in [-0.05, 0) is 36.8 Å². The lowest BCUT2D eigenvalue weighted by molar-refractivity contribution is 0.601. The SMILES string of the molecule is Cc1ccc(NS(=O)(=O)c2ccccc2)cc1N(C)C. The minimum Gasteiger partial charge on any atom is -0.377 e. The molecule has 0 aliphatic carbocycles. The third-order valence-corrected chi connectivity index (χ3v) is 4.39. The van der Waals surface area contributed by atoms with Gasteiger partial charge in [0.05, 0.1) is 10.6 Å². The van der Waals surface area contributed by atoms with Gasteiger partial charge in [0.1, 0.15) is 0 Å². The number of sulfonamides is 1. The molecule has 0 radical (unpaired) electrons. The smallest absolute Gasteiger partial charge is 0.261 e. The van der Waals surface area contributed by atoms with Gasteiger partial charge >= 0.3 is 0 Å². The number of anilines is 2. The van der Waals surface area contributed by atoms with Crippen LogP contribution in [0.1, 0.15) is 5.56 Å². The molecule has 0 bridgehead atoms. The molecule has 2 aromatic rings. The number of hydrogen-bond acceptors (Lipinski definition) is 3. The lowest BCUT2D eigenvalue weighted by Crippen LogP contribution is -2.14. The molecule has 4 nitrogen and oxygen atoms in total. The van der Waals surface area contributed by atoms with Gasteiger partial charge in [-0.1, -0.05) is 24.3 Å². The summed E-state index contributed by atoms with van der Waals surface area (Å²) in [6.07, 6.45) is 0. The van der Waals surface area contributed by atoms with E-state index >= 15 is 0 Å². The van der Waals surface area contributed by atoms with Gasteiger partial charge in [-0.3, -0.25) is 4.72 Å². The molecule has 0 spiro atoms. The molecule has 0 saturated carbocycles. The van der Waals surface area contributed by atoms with Crippen LogP contribution in [0.3, 0.4) is 0 Å². The Morgan fingerprint density at radius 1 is 1.00 bits per heavy atom. The molecule has 0 aliphatic heterocycles. The Labute approximate surface area is 120 Å². The molecule has 2 aromatic carbocycles. The van der Waals surface area contributed by atoms with Gasteiger partial charge in [0.15, 0.2) is 0 Å². The van der Waals surface area contributed by atoms with Gasteiger partial charge in [0.2, 0.25) is 0 Å². The van der Waals surface area contributed by atoms with E-state index in [1.807, 2.05) is 38.1 Å². The van der Waals surface area contributed by atoms with Crippen molar-refractivity contribution in [1.82, 2.24) is 0 Å². The molecule has 2 rings (SSSR count). The summed E-state index contributed by atoms with van der Waals surface area (Å²) < 4.78 is 27.1. The van der Waals surface area contributed by atoms with E-state index in [1.54, 1.807) is 36.4 Å². The van der Waals surface area contributed by atoms with Crippen LogP contribution in [0.25, 0.3) is 0 Å². The Morgan fingerprint density at radius 3 is 2.25 bits per heavy atom. The van der Waals surface area contributed by atoms with E-state index in [2.05, 4.69) is 4.72 Å². The lowest BCUT2D eigenvalue weighted by Gasteiger charge is -2.17. The first-order valence-electron chi connectivity index (χ1n) is 6.26. The number of nitrogens with one attached hydrogen (secondary N) is 1. The van der Waals surface area contributed by atoms with Gasteiger partial charge in [-0.2, -0.15) is 0 Å². The summed E-state index contributed by atoms with van der Waals surface area (Å²) in [5, 5.41) is 0. The lowest BCUT2D eigenvalue weighted by atomic mass is 10.2. The molecule has 0 unspecified atom stereocenters. The molecule has 0 atom stereocenters. The monoisotopic (exact) mass is 290 g/mol. The number of hydrogen-bond donors (Lipinski definition) is 1. The third kappa shape index (κ3) is 3.11. The van der Waals surface area contributed by atoms with E-state index in [-0.39, 0.29) is 4.90 Å². The van der Waals surface area contributed by atoms with Crippen molar-refractivity contribution in [3.8, 4) is 0 Å². The molecule has 5 heteroatoms. The molecular formula is C15H18N2O2S. The molecular weight excluding hydrogens is 272 g/mol. The predicted octanol–water partition coefficient (Wildman–Crippen LogP) is 2.86. The summed E-state index contributed by atoms with van der Waals surface area (Å²) >= 11 is 0. The second-order valence-electron chi connectivity index (χ2n) is 4.81. The van der Waals surface area contributed by atoms with Crippen molar-refractivity contribution in [2.24, 2.45) is 0 Å². The van der Waals surface area contributed by atoms with Gasteiger partial charge in [0, 0.05) is 19.8 Å². The zero-order chi connectivity index (χ0) is 14.8. The zero-order valence-corrected chi connectivity index (χ0v) is 12.6. The van der Waals surface area contributed by atoms with Crippen LogP contribution in [0.5, 0.6) is 0 Å². The maximum Gasteiger partial charge on any atom is 0.261 e. The first kappa shape index (κ1) is 14.4.